The third-order valence-corrected chi connectivity index (χ3v) is 3.31. The number of cyclic esters (lactones) is 1. The molecule has 0 fully saturated rings. The van der Waals surface area contributed by atoms with Crippen LogP contribution in [0.25, 0.3) is 0 Å². The van der Waals surface area contributed by atoms with Crippen LogP contribution in [-0.2, 0) is 32.1 Å². The lowest BCUT2D eigenvalue weighted by atomic mass is 10.0. The Balaban J connectivity index is 2.17. The molecule has 2 rings (SSSR count). The lowest BCUT2D eigenvalue weighted by Gasteiger charge is -2.08. The highest BCUT2D eigenvalue weighted by molar-refractivity contribution is 7.85. The van der Waals surface area contributed by atoms with Crippen molar-refractivity contribution >= 4 is 16.1 Å². The lowest BCUT2D eigenvalue weighted by Crippen LogP contribution is -2.07. The number of ether oxygens (including phenoxy) is 2. The van der Waals surface area contributed by atoms with Crippen LogP contribution in [0.3, 0.4) is 0 Å². The number of rotatable bonds is 5. The Morgan fingerprint density at radius 1 is 1.37 bits per heavy atom. The number of carbonyl (C=O) groups excluding carboxylic acids is 1. The van der Waals surface area contributed by atoms with Crippen LogP contribution in [0.5, 0.6) is 5.75 Å². The van der Waals surface area contributed by atoms with Crippen LogP contribution in [0.2, 0.25) is 0 Å². The summed E-state index contributed by atoms with van der Waals surface area (Å²) in [7, 11) is -1.97. The van der Waals surface area contributed by atoms with E-state index in [4.69, 9.17) is 9.47 Å². The van der Waals surface area contributed by atoms with Gasteiger partial charge in [0, 0.05) is 5.56 Å². The fraction of sp³-hybridized carbons (Fsp3) is 0.417. The summed E-state index contributed by atoms with van der Waals surface area (Å²) in [6.45, 7) is 0.265. The van der Waals surface area contributed by atoms with Crippen LogP contribution >= 0.6 is 0 Å². The molecule has 1 aliphatic rings. The minimum Gasteiger partial charge on any atom is -0.496 e. The third-order valence-electron chi connectivity index (χ3n) is 2.71. The molecule has 1 aromatic rings. The van der Waals surface area contributed by atoms with Crippen molar-refractivity contribution in [3.63, 3.8) is 0 Å². The van der Waals surface area contributed by atoms with Crippen LogP contribution in [-0.4, -0.2) is 34.4 Å². The van der Waals surface area contributed by atoms with E-state index in [2.05, 4.69) is 4.18 Å². The normalized spacial score (nSPS) is 14.1. The van der Waals surface area contributed by atoms with Gasteiger partial charge in [0.1, 0.15) is 17.9 Å². The molecule has 1 aromatic carbocycles. The SMILES string of the molecule is COc1cc(CCOS(C)(=O)=O)cc2c1C(=O)OC2. The van der Waals surface area contributed by atoms with Crippen molar-refractivity contribution in [3.05, 3.63) is 28.8 Å². The number of benzene rings is 1. The first-order valence-corrected chi connectivity index (χ1v) is 7.43. The zero-order valence-corrected chi connectivity index (χ0v) is 11.5. The highest BCUT2D eigenvalue weighted by Gasteiger charge is 2.26. The highest BCUT2D eigenvalue weighted by atomic mass is 32.2. The second-order valence-electron chi connectivity index (χ2n) is 4.18. The van der Waals surface area contributed by atoms with Gasteiger partial charge in [-0.3, -0.25) is 4.18 Å². The molecule has 0 atom stereocenters. The van der Waals surface area contributed by atoms with E-state index in [9.17, 15) is 13.2 Å². The van der Waals surface area contributed by atoms with E-state index in [1.54, 1.807) is 12.1 Å². The van der Waals surface area contributed by atoms with Crippen LogP contribution in [0.4, 0.5) is 0 Å². The van der Waals surface area contributed by atoms with E-state index in [0.717, 1.165) is 17.4 Å². The molecule has 0 amide bonds. The van der Waals surface area contributed by atoms with Crippen molar-refractivity contribution in [3.8, 4) is 5.75 Å². The molecule has 0 bridgehead atoms. The molecule has 1 heterocycles. The van der Waals surface area contributed by atoms with E-state index in [0.29, 0.717) is 17.7 Å². The van der Waals surface area contributed by atoms with Gasteiger partial charge in [0.05, 0.1) is 20.0 Å². The van der Waals surface area contributed by atoms with E-state index >= 15 is 0 Å². The molecule has 1 aliphatic heterocycles. The van der Waals surface area contributed by atoms with Crippen LogP contribution in [0.1, 0.15) is 21.5 Å². The summed E-state index contributed by atoms with van der Waals surface area (Å²) >= 11 is 0. The van der Waals surface area contributed by atoms with E-state index in [1.165, 1.54) is 7.11 Å². The zero-order valence-electron chi connectivity index (χ0n) is 10.6. The van der Waals surface area contributed by atoms with Gasteiger partial charge in [0.15, 0.2) is 0 Å². The first kappa shape index (κ1) is 13.8. The molecular formula is C12H14O6S. The van der Waals surface area contributed by atoms with Gasteiger partial charge in [-0.15, -0.1) is 0 Å². The molecular weight excluding hydrogens is 272 g/mol. The van der Waals surface area contributed by atoms with Crippen molar-refractivity contribution in [2.75, 3.05) is 20.0 Å². The summed E-state index contributed by atoms with van der Waals surface area (Å²) < 4.78 is 36.5. The Morgan fingerprint density at radius 3 is 2.74 bits per heavy atom. The molecule has 0 saturated carbocycles. The first-order valence-electron chi connectivity index (χ1n) is 5.62. The summed E-state index contributed by atoms with van der Waals surface area (Å²) in [5, 5.41) is 0. The fourth-order valence-electron chi connectivity index (χ4n) is 1.91. The predicted octanol–water partition coefficient (Wildman–Crippen LogP) is 0.884. The summed E-state index contributed by atoms with van der Waals surface area (Å²) in [5.74, 6) is 0.0418. The molecule has 0 unspecified atom stereocenters. The van der Waals surface area contributed by atoms with E-state index < -0.39 is 16.1 Å². The molecule has 7 heteroatoms. The van der Waals surface area contributed by atoms with Gasteiger partial charge >= 0.3 is 5.97 Å². The summed E-state index contributed by atoms with van der Waals surface area (Å²) in [5.41, 5.74) is 2.02. The average Bonchev–Trinajstić information content (AvgIpc) is 2.69. The van der Waals surface area contributed by atoms with Crippen molar-refractivity contribution in [2.24, 2.45) is 0 Å². The Bertz CT molecular complexity index is 605. The molecule has 0 spiro atoms. The van der Waals surface area contributed by atoms with E-state index in [-0.39, 0.29) is 13.2 Å². The Hall–Kier alpha value is -1.60. The van der Waals surface area contributed by atoms with Crippen LogP contribution < -0.4 is 4.74 Å². The van der Waals surface area contributed by atoms with Gasteiger partial charge in [0.2, 0.25) is 0 Å². The molecule has 0 aliphatic carbocycles. The Morgan fingerprint density at radius 2 is 2.11 bits per heavy atom. The van der Waals surface area contributed by atoms with Gasteiger partial charge in [-0.25, -0.2) is 4.79 Å². The second kappa shape index (κ2) is 5.18. The van der Waals surface area contributed by atoms with Crippen LogP contribution in [0.15, 0.2) is 12.1 Å². The quantitative estimate of drug-likeness (QED) is 0.590. The summed E-state index contributed by atoms with van der Waals surface area (Å²) in [4.78, 5) is 11.5. The number of hydrogen-bond donors (Lipinski definition) is 0. The highest BCUT2D eigenvalue weighted by Crippen LogP contribution is 2.30. The fourth-order valence-corrected chi connectivity index (χ4v) is 2.30. The largest absolute Gasteiger partial charge is 0.496 e. The van der Waals surface area contributed by atoms with Gasteiger partial charge < -0.3 is 9.47 Å². The maximum Gasteiger partial charge on any atom is 0.342 e. The van der Waals surface area contributed by atoms with Gasteiger partial charge in [0.25, 0.3) is 10.1 Å². The molecule has 0 saturated heterocycles. The smallest absolute Gasteiger partial charge is 0.342 e. The predicted molar refractivity (Wildman–Crippen MR) is 66.6 cm³/mol. The monoisotopic (exact) mass is 286 g/mol. The minimum atomic E-state index is -3.44. The van der Waals surface area contributed by atoms with Gasteiger partial charge in [-0.1, -0.05) is 6.07 Å². The lowest BCUT2D eigenvalue weighted by molar-refractivity contribution is 0.0533. The maximum absolute atomic E-state index is 11.5. The second-order valence-corrected chi connectivity index (χ2v) is 5.83. The standard InChI is InChI=1S/C12H14O6S/c1-16-10-6-8(3-4-18-19(2,14)15)5-9-7-17-12(13)11(9)10/h5-6H,3-4,7H2,1-2H3. The Kier molecular flexibility index (Phi) is 3.77. The average molecular weight is 286 g/mol. The number of hydrogen-bond acceptors (Lipinski definition) is 6. The molecule has 6 nitrogen and oxygen atoms in total. The van der Waals surface area contributed by atoms with Crippen molar-refractivity contribution in [1.29, 1.82) is 0 Å². The van der Waals surface area contributed by atoms with Crippen LogP contribution in [0, 0.1) is 0 Å². The van der Waals surface area contributed by atoms with Crippen molar-refractivity contribution in [1.82, 2.24) is 0 Å². The van der Waals surface area contributed by atoms with Gasteiger partial charge in [-0.2, -0.15) is 8.42 Å². The molecule has 0 aromatic heterocycles. The maximum atomic E-state index is 11.5. The topological polar surface area (TPSA) is 78.9 Å². The van der Waals surface area contributed by atoms with E-state index in [1.807, 2.05) is 0 Å². The zero-order chi connectivity index (χ0) is 14.0. The third kappa shape index (κ3) is 3.24. The number of methoxy groups -OCH3 is 1. The molecule has 19 heavy (non-hydrogen) atoms. The number of carbonyl (C=O) groups is 1. The summed E-state index contributed by atoms with van der Waals surface area (Å²) in [6, 6.07) is 3.49. The number of esters is 1. The minimum absolute atomic E-state index is 0.0512. The van der Waals surface area contributed by atoms with Crippen molar-refractivity contribution < 1.29 is 26.9 Å². The first-order chi connectivity index (χ1) is 8.90. The Labute approximate surface area is 111 Å². The molecule has 104 valence electrons. The van der Waals surface area contributed by atoms with Gasteiger partial charge in [-0.05, 0) is 18.1 Å². The molecule has 0 radical (unpaired) electrons. The molecule has 0 N–H and O–H groups in total. The van der Waals surface area contributed by atoms with Crippen molar-refractivity contribution in [2.45, 2.75) is 13.0 Å². The number of fused-ring (bicyclic) bond motifs is 1. The summed E-state index contributed by atoms with van der Waals surface area (Å²) in [6.07, 6.45) is 1.41.